The first kappa shape index (κ1) is 17.8. The average Bonchev–Trinajstić information content (AvgIpc) is 2.64. The van der Waals surface area contributed by atoms with Crippen LogP contribution in [0.5, 0.6) is 0 Å². The number of benzene rings is 3. The minimum Gasteiger partial charge on any atom is -0.398 e. The van der Waals surface area contributed by atoms with E-state index in [1.54, 1.807) is 0 Å². The number of nitrogen functional groups attached to an aromatic ring is 1. The van der Waals surface area contributed by atoms with Crippen molar-refractivity contribution in [2.75, 3.05) is 5.73 Å². The van der Waals surface area contributed by atoms with Gasteiger partial charge in [-0.15, -0.1) is 0 Å². The topological polar surface area (TPSA) is 26.0 Å². The predicted octanol–water partition coefficient (Wildman–Crippen LogP) is 7.26. The second kappa shape index (κ2) is 8.89. The van der Waals surface area contributed by atoms with Crippen LogP contribution in [0.3, 0.4) is 0 Å². The molecule has 0 radical (unpaired) electrons. The number of nitrogens with two attached hydrogens (primary N) is 1. The molecule has 0 aliphatic rings. The summed E-state index contributed by atoms with van der Waals surface area (Å²) in [6, 6.07) is 17.5. The van der Waals surface area contributed by atoms with E-state index in [4.69, 9.17) is 5.73 Å². The van der Waals surface area contributed by atoms with E-state index in [1.165, 1.54) is 79.5 Å². The zero-order valence-corrected chi connectivity index (χ0v) is 15.6. The molecule has 132 valence electrons. The molecular formula is C24H31N. The third-order valence-electron chi connectivity index (χ3n) is 5.29. The number of hydrogen-bond donors (Lipinski definition) is 1. The van der Waals surface area contributed by atoms with Crippen molar-refractivity contribution in [2.45, 2.75) is 64.7 Å². The highest BCUT2D eigenvalue weighted by Gasteiger charge is 2.05. The van der Waals surface area contributed by atoms with Crippen LogP contribution in [0.2, 0.25) is 0 Å². The van der Waals surface area contributed by atoms with Gasteiger partial charge in [0.1, 0.15) is 0 Å². The van der Waals surface area contributed by atoms with Gasteiger partial charge in [0.25, 0.3) is 0 Å². The first-order chi connectivity index (χ1) is 12.3. The Labute approximate surface area is 152 Å². The third-order valence-corrected chi connectivity index (χ3v) is 5.29. The van der Waals surface area contributed by atoms with Crippen LogP contribution in [0.1, 0.15) is 63.9 Å². The summed E-state index contributed by atoms with van der Waals surface area (Å²) in [6.07, 6.45) is 12.2. The Morgan fingerprint density at radius 3 is 2.16 bits per heavy atom. The molecule has 3 aromatic carbocycles. The van der Waals surface area contributed by atoms with Crippen LogP contribution >= 0.6 is 0 Å². The molecule has 1 heteroatoms. The molecular weight excluding hydrogens is 302 g/mol. The molecule has 0 saturated heterocycles. The van der Waals surface area contributed by atoms with E-state index in [1.807, 2.05) is 0 Å². The monoisotopic (exact) mass is 333 g/mol. The van der Waals surface area contributed by atoms with Crippen LogP contribution in [0.4, 0.5) is 5.69 Å². The molecule has 0 aliphatic carbocycles. The number of unbranched alkanes of at least 4 members (excludes halogenated alkanes) is 7. The number of aryl methyl sites for hydroxylation is 1. The predicted molar refractivity (Wildman–Crippen MR) is 112 cm³/mol. The second-order valence-electron chi connectivity index (χ2n) is 7.29. The van der Waals surface area contributed by atoms with Gasteiger partial charge in [0.05, 0.1) is 0 Å². The standard InChI is InChI=1S/C24H31N/c1-2-3-4-5-6-7-8-9-12-19-15-16-23-21(17-19)18-20-13-10-11-14-22(20)24(23)25/h10-11,13-18H,2-9,12,25H2,1H3. The Morgan fingerprint density at radius 2 is 1.36 bits per heavy atom. The average molecular weight is 334 g/mol. The molecule has 0 aliphatic heterocycles. The van der Waals surface area contributed by atoms with Gasteiger partial charge in [-0.2, -0.15) is 0 Å². The van der Waals surface area contributed by atoms with Gasteiger partial charge in [0.2, 0.25) is 0 Å². The highest BCUT2D eigenvalue weighted by molar-refractivity contribution is 6.10. The van der Waals surface area contributed by atoms with E-state index in [-0.39, 0.29) is 0 Å². The number of hydrogen-bond acceptors (Lipinski definition) is 1. The first-order valence-corrected chi connectivity index (χ1v) is 9.99. The molecule has 0 bridgehead atoms. The van der Waals surface area contributed by atoms with Crippen LogP contribution in [0.25, 0.3) is 21.5 Å². The maximum Gasteiger partial charge on any atom is 0.0473 e. The van der Waals surface area contributed by atoms with Crippen molar-refractivity contribution in [3.05, 3.63) is 54.1 Å². The van der Waals surface area contributed by atoms with Gasteiger partial charge in [-0.25, -0.2) is 0 Å². The van der Waals surface area contributed by atoms with Gasteiger partial charge >= 0.3 is 0 Å². The van der Waals surface area contributed by atoms with E-state index >= 15 is 0 Å². The zero-order valence-electron chi connectivity index (χ0n) is 15.6. The lowest BCUT2D eigenvalue weighted by Gasteiger charge is -2.09. The van der Waals surface area contributed by atoms with Gasteiger partial charge in [-0.3, -0.25) is 0 Å². The van der Waals surface area contributed by atoms with Crippen molar-refractivity contribution in [3.63, 3.8) is 0 Å². The highest BCUT2D eigenvalue weighted by atomic mass is 14.6. The summed E-state index contributed by atoms with van der Waals surface area (Å²) in [6.45, 7) is 2.28. The van der Waals surface area contributed by atoms with Crippen molar-refractivity contribution in [2.24, 2.45) is 0 Å². The van der Waals surface area contributed by atoms with Crippen LogP contribution in [0.15, 0.2) is 48.5 Å². The maximum atomic E-state index is 6.39. The van der Waals surface area contributed by atoms with Crippen molar-refractivity contribution in [3.8, 4) is 0 Å². The molecule has 3 rings (SSSR count). The molecule has 0 saturated carbocycles. The normalized spacial score (nSPS) is 11.4. The van der Waals surface area contributed by atoms with E-state index in [0.29, 0.717) is 0 Å². The number of rotatable bonds is 9. The largest absolute Gasteiger partial charge is 0.398 e. The SMILES string of the molecule is CCCCCCCCCCc1ccc2c(N)c3ccccc3cc2c1. The first-order valence-electron chi connectivity index (χ1n) is 9.99. The van der Waals surface area contributed by atoms with E-state index in [9.17, 15) is 0 Å². The molecule has 0 amide bonds. The van der Waals surface area contributed by atoms with Crippen molar-refractivity contribution < 1.29 is 0 Å². The van der Waals surface area contributed by atoms with Gasteiger partial charge in [0.15, 0.2) is 0 Å². The molecule has 0 heterocycles. The molecule has 0 spiro atoms. The summed E-state index contributed by atoms with van der Waals surface area (Å²) >= 11 is 0. The van der Waals surface area contributed by atoms with E-state index in [0.717, 1.165) is 11.1 Å². The van der Waals surface area contributed by atoms with Crippen LogP contribution in [0, 0.1) is 0 Å². The van der Waals surface area contributed by atoms with Gasteiger partial charge in [0, 0.05) is 16.5 Å². The summed E-state index contributed by atoms with van der Waals surface area (Å²) < 4.78 is 0. The Morgan fingerprint density at radius 1 is 0.680 bits per heavy atom. The molecule has 0 unspecified atom stereocenters. The Kier molecular flexibility index (Phi) is 6.33. The Hall–Kier alpha value is -2.02. The fourth-order valence-electron chi connectivity index (χ4n) is 3.78. The Bertz CT molecular complexity index is 819. The molecule has 2 N–H and O–H groups in total. The van der Waals surface area contributed by atoms with Crippen LogP contribution < -0.4 is 5.73 Å². The fraction of sp³-hybridized carbons (Fsp3) is 0.417. The molecule has 0 atom stereocenters. The maximum absolute atomic E-state index is 6.39. The van der Waals surface area contributed by atoms with Crippen molar-refractivity contribution >= 4 is 27.2 Å². The summed E-state index contributed by atoms with van der Waals surface area (Å²) in [4.78, 5) is 0. The van der Waals surface area contributed by atoms with Crippen molar-refractivity contribution in [1.29, 1.82) is 0 Å². The van der Waals surface area contributed by atoms with Crippen molar-refractivity contribution in [1.82, 2.24) is 0 Å². The zero-order chi connectivity index (χ0) is 17.5. The third kappa shape index (κ3) is 4.54. The minimum atomic E-state index is 0.909. The van der Waals surface area contributed by atoms with Gasteiger partial charge in [-0.1, -0.05) is 94.3 Å². The van der Waals surface area contributed by atoms with Gasteiger partial charge in [-0.05, 0) is 35.2 Å². The quantitative estimate of drug-likeness (QED) is 0.249. The summed E-state index contributed by atoms with van der Waals surface area (Å²) in [5, 5.41) is 4.84. The second-order valence-corrected chi connectivity index (χ2v) is 7.29. The Balaban J connectivity index is 1.59. The summed E-state index contributed by atoms with van der Waals surface area (Å²) in [5.41, 5.74) is 8.74. The summed E-state index contributed by atoms with van der Waals surface area (Å²) in [5.74, 6) is 0. The van der Waals surface area contributed by atoms with Crippen LogP contribution in [-0.2, 0) is 6.42 Å². The van der Waals surface area contributed by atoms with Crippen LogP contribution in [-0.4, -0.2) is 0 Å². The van der Waals surface area contributed by atoms with E-state index < -0.39 is 0 Å². The highest BCUT2D eigenvalue weighted by Crippen LogP contribution is 2.31. The fourth-order valence-corrected chi connectivity index (χ4v) is 3.78. The van der Waals surface area contributed by atoms with Gasteiger partial charge < -0.3 is 5.73 Å². The lowest BCUT2D eigenvalue weighted by Crippen LogP contribution is -1.92. The smallest absolute Gasteiger partial charge is 0.0473 e. The number of anilines is 1. The molecule has 1 nitrogen and oxygen atoms in total. The summed E-state index contributed by atoms with van der Waals surface area (Å²) in [7, 11) is 0. The molecule has 25 heavy (non-hydrogen) atoms. The van der Waals surface area contributed by atoms with E-state index in [2.05, 4.69) is 55.5 Å². The minimum absolute atomic E-state index is 0.909. The number of fused-ring (bicyclic) bond motifs is 2. The lowest BCUT2D eigenvalue weighted by molar-refractivity contribution is 0.575. The lowest BCUT2D eigenvalue weighted by atomic mass is 9.97. The molecule has 3 aromatic rings. The molecule has 0 fully saturated rings. The molecule has 0 aromatic heterocycles.